The van der Waals surface area contributed by atoms with Crippen LogP contribution in [0.5, 0.6) is 0 Å². The van der Waals surface area contributed by atoms with Crippen molar-refractivity contribution in [2.24, 2.45) is 0 Å². The average Bonchev–Trinajstić information content (AvgIpc) is 2.90. The molecule has 2 rings (SSSR count). The molecule has 5 nitrogen and oxygen atoms in total. The highest BCUT2D eigenvalue weighted by molar-refractivity contribution is 5.95. The van der Waals surface area contributed by atoms with Crippen LogP contribution in [0.25, 0.3) is 0 Å². The predicted octanol–water partition coefficient (Wildman–Crippen LogP) is 0.302. The molecule has 3 N–H and O–H groups in total. The Morgan fingerprint density at radius 3 is 2.47 bits per heavy atom. The molecule has 0 aliphatic carbocycles. The lowest BCUT2D eigenvalue weighted by atomic mass is 10.2. The normalized spacial score (nSPS) is 13.2. The number of rotatable bonds is 2. The fourth-order valence-corrected chi connectivity index (χ4v) is 1.54. The number of carbonyl (C=O) groups is 1. The molecule has 1 aromatic carbocycles. The van der Waals surface area contributed by atoms with Gasteiger partial charge in [0.25, 0.3) is 5.91 Å². The van der Waals surface area contributed by atoms with Gasteiger partial charge in [0.1, 0.15) is 11.9 Å². The van der Waals surface area contributed by atoms with E-state index >= 15 is 0 Å². The van der Waals surface area contributed by atoms with Crippen molar-refractivity contribution in [3.63, 3.8) is 0 Å². The van der Waals surface area contributed by atoms with Crippen molar-refractivity contribution in [1.29, 1.82) is 5.26 Å². The van der Waals surface area contributed by atoms with Gasteiger partial charge in [-0.25, -0.2) is 0 Å². The summed E-state index contributed by atoms with van der Waals surface area (Å²) in [7, 11) is 0. The number of nitrogens with zero attached hydrogens (tertiary/aromatic N) is 1. The summed E-state index contributed by atoms with van der Waals surface area (Å²) in [6, 6.07) is 10.8. The zero-order chi connectivity index (χ0) is 12.1. The largest absolute Gasteiger partial charge is 0.368 e. The van der Waals surface area contributed by atoms with E-state index in [0.717, 1.165) is 13.1 Å². The third-order valence-electron chi connectivity index (χ3n) is 2.36. The molecule has 17 heavy (non-hydrogen) atoms. The third-order valence-corrected chi connectivity index (χ3v) is 2.36. The van der Waals surface area contributed by atoms with Gasteiger partial charge in [0.05, 0.1) is 0 Å². The summed E-state index contributed by atoms with van der Waals surface area (Å²) >= 11 is 0. The molecule has 0 spiro atoms. The number of nitriles is 1. The molecule has 0 radical (unpaired) electrons. The van der Waals surface area contributed by atoms with Gasteiger partial charge in [0.15, 0.2) is 5.70 Å². The van der Waals surface area contributed by atoms with E-state index in [0.29, 0.717) is 11.4 Å². The first-order valence-corrected chi connectivity index (χ1v) is 5.30. The first-order valence-electron chi connectivity index (χ1n) is 5.30. The first kappa shape index (κ1) is 11.0. The molecule has 1 amide bonds. The molecule has 0 bridgehead atoms. The van der Waals surface area contributed by atoms with Crippen molar-refractivity contribution in [3.05, 3.63) is 47.4 Å². The van der Waals surface area contributed by atoms with Crippen LogP contribution in [-0.4, -0.2) is 19.0 Å². The summed E-state index contributed by atoms with van der Waals surface area (Å²) in [6.07, 6.45) is 0. The van der Waals surface area contributed by atoms with Gasteiger partial charge in [-0.2, -0.15) is 5.26 Å². The van der Waals surface area contributed by atoms with Crippen LogP contribution in [0.1, 0.15) is 10.4 Å². The van der Waals surface area contributed by atoms with Crippen LogP contribution >= 0.6 is 0 Å². The molecular weight excluding hydrogens is 216 g/mol. The molecule has 0 aromatic heterocycles. The molecule has 1 saturated heterocycles. The van der Waals surface area contributed by atoms with E-state index < -0.39 is 0 Å². The summed E-state index contributed by atoms with van der Waals surface area (Å²) in [5.41, 5.74) is 0.746. The van der Waals surface area contributed by atoms with Crippen LogP contribution in [-0.2, 0) is 0 Å². The Kier molecular flexibility index (Phi) is 3.26. The van der Waals surface area contributed by atoms with Crippen molar-refractivity contribution in [2.75, 3.05) is 13.1 Å². The monoisotopic (exact) mass is 228 g/mol. The molecule has 1 fully saturated rings. The fraction of sp³-hybridized carbons (Fsp3) is 0.167. The van der Waals surface area contributed by atoms with E-state index in [4.69, 9.17) is 5.26 Å². The molecule has 0 unspecified atom stereocenters. The minimum atomic E-state index is -0.287. The van der Waals surface area contributed by atoms with E-state index in [2.05, 4.69) is 16.0 Å². The molecular formula is C12H12N4O. The van der Waals surface area contributed by atoms with Crippen LogP contribution in [0.2, 0.25) is 0 Å². The Morgan fingerprint density at radius 2 is 1.88 bits per heavy atom. The van der Waals surface area contributed by atoms with Gasteiger partial charge in [-0.15, -0.1) is 0 Å². The van der Waals surface area contributed by atoms with Gasteiger partial charge in [0.2, 0.25) is 0 Å². The second-order valence-corrected chi connectivity index (χ2v) is 3.54. The number of hydrogen-bond acceptors (Lipinski definition) is 4. The minimum Gasteiger partial charge on any atom is -0.368 e. The molecule has 86 valence electrons. The van der Waals surface area contributed by atoms with Crippen molar-refractivity contribution < 1.29 is 4.79 Å². The van der Waals surface area contributed by atoms with Gasteiger partial charge in [-0.1, -0.05) is 18.2 Å². The van der Waals surface area contributed by atoms with Crippen molar-refractivity contribution >= 4 is 5.91 Å². The Balaban J connectivity index is 2.13. The van der Waals surface area contributed by atoms with Crippen LogP contribution in [0.15, 0.2) is 41.8 Å². The Morgan fingerprint density at radius 1 is 1.24 bits per heavy atom. The maximum atomic E-state index is 11.8. The van der Waals surface area contributed by atoms with Gasteiger partial charge in [0, 0.05) is 18.7 Å². The first-order chi connectivity index (χ1) is 8.31. The van der Waals surface area contributed by atoms with Gasteiger partial charge >= 0.3 is 0 Å². The quantitative estimate of drug-likeness (QED) is 0.636. The summed E-state index contributed by atoms with van der Waals surface area (Å²) in [4.78, 5) is 11.8. The van der Waals surface area contributed by atoms with E-state index in [9.17, 15) is 4.79 Å². The van der Waals surface area contributed by atoms with E-state index in [1.54, 1.807) is 24.3 Å². The lowest BCUT2D eigenvalue weighted by Gasteiger charge is -2.07. The van der Waals surface area contributed by atoms with Crippen LogP contribution in [0, 0.1) is 11.3 Å². The summed E-state index contributed by atoms with van der Waals surface area (Å²) in [5, 5.41) is 17.6. The zero-order valence-corrected chi connectivity index (χ0v) is 9.16. The fourth-order valence-electron chi connectivity index (χ4n) is 1.54. The molecule has 1 aliphatic rings. The van der Waals surface area contributed by atoms with Crippen LogP contribution in [0.4, 0.5) is 0 Å². The number of amides is 1. The van der Waals surface area contributed by atoms with Gasteiger partial charge < -0.3 is 16.0 Å². The molecule has 5 heteroatoms. The Labute approximate surface area is 99.1 Å². The number of carbonyl (C=O) groups excluding carboxylic acids is 1. The van der Waals surface area contributed by atoms with Crippen molar-refractivity contribution in [2.45, 2.75) is 0 Å². The number of hydrogen-bond donors (Lipinski definition) is 3. The molecule has 0 atom stereocenters. The van der Waals surface area contributed by atoms with E-state index in [1.807, 2.05) is 12.1 Å². The highest BCUT2D eigenvalue weighted by Crippen LogP contribution is 2.02. The van der Waals surface area contributed by atoms with Gasteiger partial charge in [-0.3, -0.25) is 4.79 Å². The van der Waals surface area contributed by atoms with E-state index in [1.165, 1.54) is 0 Å². The Bertz CT molecular complexity index is 479. The molecule has 0 saturated carbocycles. The number of benzene rings is 1. The number of allylic oxidation sites excluding steroid dienone is 1. The molecule has 1 heterocycles. The maximum absolute atomic E-state index is 11.8. The lowest BCUT2D eigenvalue weighted by molar-refractivity contribution is 0.0967. The number of nitrogens with one attached hydrogen (secondary N) is 3. The van der Waals surface area contributed by atoms with Gasteiger partial charge in [-0.05, 0) is 12.1 Å². The second-order valence-electron chi connectivity index (χ2n) is 3.54. The van der Waals surface area contributed by atoms with E-state index in [-0.39, 0.29) is 11.6 Å². The standard InChI is InChI=1S/C12H12N4O/c13-8-10(11-14-6-7-15-11)16-12(17)9-4-2-1-3-5-9/h1-5,14-15H,6-7H2,(H,16,17). The summed E-state index contributed by atoms with van der Waals surface area (Å²) in [5.74, 6) is 0.293. The second kappa shape index (κ2) is 5.03. The van der Waals surface area contributed by atoms with Crippen LogP contribution < -0.4 is 16.0 Å². The predicted molar refractivity (Wildman–Crippen MR) is 62.6 cm³/mol. The summed E-state index contributed by atoms with van der Waals surface area (Å²) in [6.45, 7) is 1.50. The SMILES string of the molecule is N#CC(NC(=O)c1ccccc1)=C1NCCN1. The Hall–Kier alpha value is -2.48. The average molecular weight is 228 g/mol. The maximum Gasteiger partial charge on any atom is 0.256 e. The highest BCUT2D eigenvalue weighted by Gasteiger charge is 2.14. The topological polar surface area (TPSA) is 77.0 Å². The third kappa shape index (κ3) is 2.55. The van der Waals surface area contributed by atoms with Crippen LogP contribution in [0.3, 0.4) is 0 Å². The minimum absolute atomic E-state index is 0.219. The summed E-state index contributed by atoms with van der Waals surface area (Å²) < 4.78 is 0. The van der Waals surface area contributed by atoms with Crippen molar-refractivity contribution in [1.82, 2.24) is 16.0 Å². The molecule has 1 aromatic rings. The van der Waals surface area contributed by atoms with Crippen molar-refractivity contribution in [3.8, 4) is 6.07 Å². The lowest BCUT2D eigenvalue weighted by Crippen LogP contribution is -2.27. The molecule has 1 aliphatic heterocycles. The highest BCUT2D eigenvalue weighted by atomic mass is 16.1. The smallest absolute Gasteiger partial charge is 0.256 e. The zero-order valence-electron chi connectivity index (χ0n) is 9.16.